The molecule has 1 aromatic heterocycles. The zero-order chi connectivity index (χ0) is 18.7. The van der Waals surface area contributed by atoms with Gasteiger partial charge in [0, 0.05) is 10.6 Å². The third-order valence-electron chi connectivity index (χ3n) is 3.78. The van der Waals surface area contributed by atoms with E-state index >= 15 is 0 Å². The van der Waals surface area contributed by atoms with Crippen LogP contribution in [0.2, 0.25) is 5.02 Å². The van der Waals surface area contributed by atoms with Gasteiger partial charge in [0.1, 0.15) is 4.99 Å². The Balaban J connectivity index is 1.69. The highest BCUT2D eigenvalue weighted by Gasteiger charge is 2.17. The first-order valence-electron chi connectivity index (χ1n) is 7.81. The van der Waals surface area contributed by atoms with Gasteiger partial charge in [0.2, 0.25) is 0 Å². The number of halogens is 1. The lowest BCUT2D eigenvalue weighted by molar-refractivity contribution is 0.0938. The van der Waals surface area contributed by atoms with E-state index in [0.29, 0.717) is 15.7 Å². The van der Waals surface area contributed by atoms with E-state index in [1.165, 1.54) is 0 Å². The Hall–Kier alpha value is -2.77. The Bertz CT molecular complexity index is 951. The molecule has 0 radical (unpaired) electrons. The van der Waals surface area contributed by atoms with E-state index in [1.54, 1.807) is 35.9 Å². The fourth-order valence-corrected chi connectivity index (χ4v) is 2.63. The van der Waals surface area contributed by atoms with Gasteiger partial charge in [0.05, 0.1) is 11.4 Å². The summed E-state index contributed by atoms with van der Waals surface area (Å²) in [6.07, 6.45) is 0. The molecule has 6 nitrogen and oxygen atoms in total. The lowest BCUT2D eigenvalue weighted by Crippen LogP contribution is -2.41. The smallest absolute Gasteiger partial charge is 0.287 e. The van der Waals surface area contributed by atoms with Gasteiger partial charge < -0.3 is 0 Å². The first-order chi connectivity index (χ1) is 12.5. The van der Waals surface area contributed by atoms with Crippen LogP contribution in [0.15, 0.2) is 48.5 Å². The highest BCUT2D eigenvalue weighted by molar-refractivity contribution is 7.80. The summed E-state index contributed by atoms with van der Waals surface area (Å²) in [7, 11) is 0. The van der Waals surface area contributed by atoms with Crippen LogP contribution in [0, 0.1) is 13.8 Å². The number of hydrogen-bond donors (Lipinski definition) is 2. The van der Waals surface area contributed by atoms with Crippen molar-refractivity contribution in [3.8, 4) is 5.69 Å². The maximum absolute atomic E-state index is 12.4. The summed E-state index contributed by atoms with van der Waals surface area (Å²) in [6.45, 7) is 3.76. The highest BCUT2D eigenvalue weighted by Crippen LogP contribution is 2.15. The summed E-state index contributed by atoms with van der Waals surface area (Å²) in [4.78, 5) is 12.8. The summed E-state index contributed by atoms with van der Waals surface area (Å²) >= 11 is 11.2. The van der Waals surface area contributed by atoms with Crippen LogP contribution in [-0.4, -0.2) is 25.9 Å². The number of nitrogens with zero attached hydrogens (tertiary/aromatic N) is 3. The molecule has 3 aromatic rings. The molecule has 3 rings (SSSR count). The summed E-state index contributed by atoms with van der Waals surface area (Å²) in [6, 6.07) is 14.8. The Labute approximate surface area is 161 Å². The standard InChI is InChI=1S/C18H16ClN5OS/c1-11-3-5-13(6-4-11)18(26)22-21-17(25)16-12(2)24(23-20-16)15-9-7-14(19)8-10-15/h3-10H,1-2H3,(H,21,25)(H,22,26). The monoisotopic (exact) mass is 385 g/mol. The highest BCUT2D eigenvalue weighted by atomic mass is 35.5. The topological polar surface area (TPSA) is 71.8 Å². The van der Waals surface area contributed by atoms with Crippen molar-refractivity contribution in [3.05, 3.63) is 76.1 Å². The Morgan fingerprint density at radius 2 is 1.69 bits per heavy atom. The summed E-state index contributed by atoms with van der Waals surface area (Å²) in [5, 5.41) is 8.62. The van der Waals surface area contributed by atoms with Crippen LogP contribution in [0.25, 0.3) is 5.69 Å². The molecule has 2 N–H and O–H groups in total. The molecule has 0 aliphatic rings. The molecule has 0 bridgehead atoms. The third kappa shape index (κ3) is 3.89. The van der Waals surface area contributed by atoms with Crippen molar-refractivity contribution in [1.82, 2.24) is 25.8 Å². The molecule has 132 valence electrons. The first-order valence-corrected chi connectivity index (χ1v) is 8.60. The fourth-order valence-electron chi connectivity index (χ4n) is 2.32. The van der Waals surface area contributed by atoms with Gasteiger partial charge in [-0.05, 0) is 38.1 Å². The van der Waals surface area contributed by atoms with Gasteiger partial charge in [-0.15, -0.1) is 5.10 Å². The molecule has 0 fully saturated rings. The largest absolute Gasteiger partial charge is 0.292 e. The molecule has 0 atom stereocenters. The molecule has 0 spiro atoms. The molecule has 0 saturated heterocycles. The maximum atomic E-state index is 12.4. The van der Waals surface area contributed by atoms with Crippen molar-refractivity contribution >= 4 is 34.7 Å². The summed E-state index contributed by atoms with van der Waals surface area (Å²) in [5.41, 5.74) is 8.82. The second kappa shape index (κ2) is 7.63. The van der Waals surface area contributed by atoms with E-state index in [-0.39, 0.29) is 5.69 Å². The van der Waals surface area contributed by atoms with E-state index in [2.05, 4.69) is 21.2 Å². The predicted octanol–water partition coefficient (Wildman–Crippen LogP) is 3.15. The van der Waals surface area contributed by atoms with Gasteiger partial charge in [-0.1, -0.05) is 58.9 Å². The zero-order valence-corrected chi connectivity index (χ0v) is 15.7. The first kappa shape index (κ1) is 18.0. The summed E-state index contributed by atoms with van der Waals surface area (Å²) in [5.74, 6) is -0.419. The van der Waals surface area contributed by atoms with Crippen LogP contribution in [0.5, 0.6) is 0 Å². The Kier molecular flexibility index (Phi) is 5.29. The lowest BCUT2D eigenvalue weighted by atomic mass is 10.1. The van der Waals surface area contributed by atoms with Crippen LogP contribution < -0.4 is 10.9 Å². The number of thiocarbonyl (C=S) groups is 1. The van der Waals surface area contributed by atoms with Gasteiger partial charge in [-0.3, -0.25) is 15.6 Å². The molecule has 2 aromatic carbocycles. The van der Waals surface area contributed by atoms with E-state index in [4.69, 9.17) is 23.8 Å². The molecule has 8 heteroatoms. The zero-order valence-electron chi connectivity index (χ0n) is 14.2. The number of aromatic nitrogens is 3. The minimum Gasteiger partial charge on any atom is -0.287 e. The minimum atomic E-state index is -0.419. The number of carbonyl (C=O) groups is 1. The normalized spacial score (nSPS) is 10.4. The second-order valence-corrected chi connectivity index (χ2v) is 6.53. The van der Waals surface area contributed by atoms with Crippen molar-refractivity contribution in [1.29, 1.82) is 0 Å². The number of carbonyl (C=O) groups excluding carboxylic acids is 1. The molecule has 1 heterocycles. The number of aryl methyl sites for hydroxylation is 1. The van der Waals surface area contributed by atoms with E-state index in [9.17, 15) is 4.79 Å². The van der Waals surface area contributed by atoms with Gasteiger partial charge >= 0.3 is 0 Å². The van der Waals surface area contributed by atoms with Gasteiger partial charge in [0.15, 0.2) is 5.69 Å². The fraction of sp³-hybridized carbons (Fsp3) is 0.111. The molecular weight excluding hydrogens is 370 g/mol. The number of amides is 1. The maximum Gasteiger partial charge on any atom is 0.292 e. The van der Waals surface area contributed by atoms with Crippen molar-refractivity contribution in [3.63, 3.8) is 0 Å². The molecule has 0 saturated carbocycles. The van der Waals surface area contributed by atoms with E-state index in [0.717, 1.165) is 16.8 Å². The predicted molar refractivity (Wildman–Crippen MR) is 105 cm³/mol. The van der Waals surface area contributed by atoms with Crippen LogP contribution in [-0.2, 0) is 0 Å². The average Bonchev–Trinajstić information content (AvgIpc) is 3.02. The number of nitrogens with one attached hydrogen (secondary N) is 2. The van der Waals surface area contributed by atoms with E-state index < -0.39 is 5.91 Å². The van der Waals surface area contributed by atoms with Gasteiger partial charge in [0.25, 0.3) is 5.91 Å². The van der Waals surface area contributed by atoms with Crippen molar-refractivity contribution in [2.75, 3.05) is 0 Å². The molecule has 0 unspecified atom stereocenters. The summed E-state index contributed by atoms with van der Waals surface area (Å²) < 4.78 is 1.57. The second-order valence-electron chi connectivity index (χ2n) is 5.69. The van der Waals surface area contributed by atoms with Crippen LogP contribution in [0.4, 0.5) is 0 Å². The average molecular weight is 386 g/mol. The lowest BCUT2D eigenvalue weighted by Gasteiger charge is -2.09. The van der Waals surface area contributed by atoms with Crippen LogP contribution in [0.1, 0.15) is 27.3 Å². The molecule has 1 amide bonds. The molecule has 0 aliphatic heterocycles. The van der Waals surface area contributed by atoms with Crippen molar-refractivity contribution in [2.24, 2.45) is 0 Å². The SMILES string of the molecule is Cc1ccc(C(=S)NNC(=O)c2nnn(-c3ccc(Cl)cc3)c2C)cc1. The number of hydrazine groups is 1. The van der Waals surface area contributed by atoms with Gasteiger partial charge in [-0.25, -0.2) is 4.68 Å². The molecular formula is C18H16ClN5OS. The van der Waals surface area contributed by atoms with Gasteiger partial charge in [-0.2, -0.15) is 0 Å². The van der Waals surface area contributed by atoms with Crippen LogP contribution in [0.3, 0.4) is 0 Å². The molecule has 26 heavy (non-hydrogen) atoms. The number of benzene rings is 2. The molecule has 0 aliphatic carbocycles. The van der Waals surface area contributed by atoms with Crippen molar-refractivity contribution in [2.45, 2.75) is 13.8 Å². The number of rotatable bonds is 3. The Morgan fingerprint density at radius 3 is 2.35 bits per heavy atom. The van der Waals surface area contributed by atoms with E-state index in [1.807, 2.05) is 31.2 Å². The Morgan fingerprint density at radius 1 is 1.04 bits per heavy atom. The quantitative estimate of drug-likeness (QED) is 0.535. The van der Waals surface area contributed by atoms with Crippen molar-refractivity contribution < 1.29 is 4.79 Å². The number of hydrogen-bond acceptors (Lipinski definition) is 4. The minimum absolute atomic E-state index is 0.208. The van der Waals surface area contributed by atoms with Crippen LogP contribution >= 0.6 is 23.8 Å². The third-order valence-corrected chi connectivity index (χ3v) is 4.37.